The number of benzene rings is 2. The molecule has 12 heteroatoms. The molecule has 11 nitrogen and oxygen atoms in total. The first kappa shape index (κ1) is 27.1. The van der Waals surface area contributed by atoms with Crippen LogP contribution in [0.3, 0.4) is 0 Å². The molecular formula is C30H28FN7O4. The summed E-state index contributed by atoms with van der Waals surface area (Å²) in [4.78, 5) is 26.5. The summed E-state index contributed by atoms with van der Waals surface area (Å²) in [6.07, 6.45) is 5.59. The van der Waals surface area contributed by atoms with Gasteiger partial charge in [-0.25, -0.2) is 23.9 Å². The Bertz CT molecular complexity index is 1840. The molecule has 6 rings (SSSR count). The van der Waals surface area contributed by atoms with Gasteiger partial charge in [0.05, 0.1) is 31.3 Å². The summed E-state index contributed by atoms with van der Waals surface area (Å²) in [5, 5.41) is 19.0. The Kier molecular flexibility index (Phi) is 6.70. The molecule has 1 amide bonds. The molecule has 1 aliphatic heterocycles. The van der Waals surface area contributed by atoms with E-state index < -0.39 is 11.4 Å². The van der Waals surface area contributed by atoms with E-state index in [2.05, 4.69) is 31.9 Å². The van der Waals surface area contributed by atoms with Gasteiger partial charge in [0.1, 0.15) is 30.4 Å². The Hall–Kier alpha value is -5.10. The Labute approximate surface area is 240 Å². The molecule has 0 aliphatic carbocycles. The molecule has 0 atom stereocenters. The minimum absolute atomic E-state index is 0.150. The second kappa shape index (κ2) is 10.4. The van der Waals surface area contributed by atoms with Crippen LogP contribution >= 0.6 is 0 Å². The number of carbonyl (C=O) groups is 1. The van der Waals surface area contributed by atoms with Gasteiger partial charge < -0.3 is 24.8 Å². The molecule has 0 radical (unpaired) electrons. The second-order valence-electron chi connectivity index (χ2n) is 10.5. The fraction of sp³-hybridized carbons (Fsp3) is 0.233. The van der Waals surface area contributed by atoms with Gasteiger partial charge in [-0.2, -0.15) is 5.10 Å². The maximum absolute atomic E-state index is 15.5. The van der Waals surface area contributed by atoms with Crippen LogP contribution in [-0.2, 0) is 10.4 Å². The maximum Gasteiger partial charge on any atom is 0.246 e. The largest absolute Gasteiger partial charge is 0.493 e. The third kappa shape index (κ3) is 4.96. The van der Waals surface area contributed by atoms with Crippen molar-refractivity contribution >= 4 is 34.0 Å². The third-order valence-corrected chi connectivity index (χ3v) is 7.16. The fourth-order valence-electron chi connectivity index (χ4n) is 4.93. The maximum atomic E-state index is 15.5. The van der Waals surface area contributed by atoms with Gasteiger partial charge in [-0.05, 0) is 55.8 Å². The van der Waals surface area contributed by atoms with Gasteiger partial charge in [-0.1, -0.05) is 6.58 Å². The molecule has 4 heterocycles. The molecule has 1 saturated heterocycles. The summed E-state index contributed by atoms with van der Waals surface area (Å²) >= 11 is 0. The van der Waals surface area contributed by atoms with Crippen molar-refractivity contribution in [2.24, 2.45) is 0 Å². The predicted molar refractivity (Wildman–Crippen MR) is 154 cm³/mol. The van der Waals surface area contributed by atoms with E-state index in [1.54, 1.807) is 59.8 Å². The number of aromatic nitrogens is 5. The third-order valence-electron chi connectivity index (χ3n) is 7.16. The quantitative estimate of drug-likeness (QED) is 0.264. The standard InChI is InChI=1S/C30H28FN7O4/c1-5-28(39)37-13-18(14-37)42-26-10-20-23(12-25(26)41-4)32-15-34-29(20)36-24-9-19(22(31)11-21(24)30(2,3)40)17-6-7-38-27(8-17)33-16-35-38/h5-12,15-16,18,40H,1,13-14H2,2-4H3,(H,32,34,36). The van der Waals surface area contributed by atoms with Gasteiger partial charge in [-0.3, -0.25) is 4.79 Å². The number of fused-ring (bicyclic) bond motifs is 2. The van der Waals surface area contributed by atoms with Crippen molar-refractivity contribution in [2.45, 2.75) is 25.6 Å². The molecule has 0 unspecified atom stereocenters. The average molecular weight is 570 g/mol. The SMILES string of the molecule is C=CC(=O)N1CC(Oc2cc3c(Nc4cc(-c5ccn6ncnc6c5)c(F)cc4C(C)(C)O)ncnc3cc2OC)C1. The number of nitrogens with one attached hydrogen (secondary N) is 1. The van der Waals surface area contributed by atoms with E-state index in [0.717, 1.165) is 0 Å². The molecule has 1 aliphatic rings. The van der Waals surface area contributed by atoms with Gasteiger partial charge in [0.25, 0.3) is 0 Å². The molecule has 5 aromatic rings. The minimum Gasteiger partial charge on any atom is -0.493 e. The molecule has 2 aromatic carbocycles. The van der Waals surface area contributed by atoms with E-state index in [1.165, 1.54) is 31.9 Å². The lowest BCUT2D eigenvalue weighted by molar-refractivity contribution is -0.134. The van der Waals surface area contributed by atoms with Crippen LogP contribution in [0.15, 0.2) is 67.9 Å². The number of anilines is 2. The van der Waals surface area contributed by atoms with Crippen LogP contribution in [0.2, 0.25) is 0 Å². The zero-order valence-electron chi connectivity index (χ0n) is 23.2. The fourth-order valence-corrected chi connectivity index (χ4v) is 4.93. The molecule has 42 heavy (non-hydrogen) atoms. The zero-order chi connectivity index (χ0) is 29.6. The lowest BCUT2D eigenvalue weighted by Crippen LogP contribution is -2.55. The average Bonchev–Trinajstić information content (AvgIpc) is 3.42. The highest BCUT2D eigenvalue weighted by atomic mass is 19.1. The Morgan fingerprint density at radius 3 is 2.69 bits per heavy atom. The van der Waals surface area contributed by atoms with E-state index >= 15 is 4.39 Å². The molecule has 1 fully saturated rings. The topological polar surface area (TPSA) is 127 Å². The number of rotatable bonds is 8. The summed E-state index contributed by atoms with van der Waals surface area (Å²) in [7, 11) is 1.54. The lowest BCUT2D eigenvalue weighted by atomic mass is 9.93. The minimum atomic E-state index is -1.38. The highest BCUT2D eigenvalue weighted by Gasteiger charge is 2.32. The molecule has 0 bridgehead atoms. The smallest absolute Gasteiger partial charge is 0.246 e. The molecular weight excluding hydrogens is 541 g/mol. The van der Waals surface area contributed by atoms with Crippen molar-refractivity contribution in [3.8, 4) is 22.6 Å². The zero-order valence-corrected chi connectivity index (χ0v) is 23.2. The van der Waals surface area contributed by atoms with Crippen molar-refractivity contribution in [3.05, 3.63) is 79.3 Å². The van der Waals surface area contributed by atoms with Crippen LogP contribution in [0.5, 0.6) is 11.5 Å². The first-order valence-electron chi connectivity index (χ1n) is 13.2. The van der Waals surface area contributed by atoms with Crippen LogP contribution in [0.1, 0.15) is 19.4 Å². The van der Waals surface area contributed by atoms with E-state index in [-0.39, 0.29) is 12.0 Å². The van der Waals surface area contributed by atoms with Gasteiger partial charge in [0, 0.05) is 34.5 Å². The number of amides is 1. The van der Waals surface area contributed by atoms with Crippen molar-refractivity contribution in [1.82, 2.24) is 29.5 Å². The summed E-state index contributed by atoms with van der Waals surface area (Å²) in [6.45, 7) is 7.55. The first-order valence-corrected chi connectivity index (χ1v) is 13.2. The number of methoxy groups -OCH3 is 1. The van der Waals surface area contributed by atoms with Crippen LogP contribution in [0, 0.1) is 5.82 Å². The number of likely N-dealkylation sites (tertiary alicyclic amines) is 1. The Morgan fingerprint density at radius 2 is 1.95 bits per heavy atom. The number of pyridine rings is 1. The van der Waals surface area contributed by atoms with Gasteiger partial charge in [0.2, 0.25) is 5.91 Å². The van der Waals surface area contributed by atoms with E-state index in [4.69, 9.17) is 9.47 Å². The van der Waals surface area contributed by atoms with E-state index in [1.807, 2.05) is 0 Å². The predicted octanol–water partition coefficient (Wildman–Crippen LogP) is 4.23. The van der Waals surface area contributed by atoms with Crippen LogP contribution in [0.4, 0.5) is 15.9 Å². The van der Waals surface area contributed by atoms with Gasteiger partial charge >= 0.3 is 0 Å². The lowest BCUT2D eigenvalue weighted by Gasteiger charge is -2.38. The highest BCUT2D eigenvalue weighted by Crippen LogP contribution is 2.39. The number of nitrogens with zero attached hydrogens (tertiary/aromatic N) is 6. The van der Waals surface area contributed by atoms with Crippen LogP contribution in [-0.4, -0.2) is 66.8 Å². The highest BCUT2D eigenvalue weighted by molar-refractivity contribution is 5.94. The number of hydrogen-bond acceptors (Lipinski definition) is 9. The molecule has 214 valence electrons. The number of hydrogen-bond donors (Lipinski definition) is 2. The van der Waals surface area contributed by atoms with Crippen molar-refractivity contribution in [2.75, 3.05) is 25.5 Å². The molecule has 2 N–H and O–H groups in total. The molecule has 0 spiro atoms. The number of halogens is 1. The van der Waals surface area contributed by atoms with Gasteiger partial charge in [0.15, 0.2) is 17.1 Å². The summed E-state index contributed by atoms with van der Waals surface area (Å²) in [5.74, 6) is 0.704. The normalized spacial score (nSPS) is 13.7. The van der Waals surface area contributed by atoms with Crippen molar-refractivity contribution in [1.29, 1.82) is 0 Å². The molecule has 0 saturated carbocycles. The Morgan fingerprint density at radius 1 is 1.14 bits per heavy atom. The van der Waals surface area contributed by atoms with Crippen LogP contribution < -0.4 is 14.8 Å². The van der Waals surface area contributed by atoms with Crippen LogP contribution in [0.25, 0.3) is 27.7 Å². The second-order valence-corrected chi connectivity index (χ2v) is 10.5. The van der Waals surface area contributed by atoms with Crippen molar-refractivity contribution < 1.29 is 23.8 Å². The first-order chi connectivity index (χ1) is 20.1. The monoisotopic (exact) mass is 569 g/mol. The summed E-state index contributed by atoms with van der Waals surface area (Å²) in [6, 6.07) is 9.94. The number of carbonyl (C=O) groups excluding carboxylic acids is 1. The number of aliphatic hydroxyl groups is 1. The van der Waals surface area contributed by atoms with Crippen molar-refractivity contribution in [3.63, 3.8) is 0 Å². The van der Waals surface area contributed by atoms with E-state index in [0.29, 0.717) is 69.3 Å². The number of ether oxygens (including phenoxy) is 2. The molecule has 3 aromatic heterocycles. The Balaban J connectivity index is 1.40. The van der Waals surface area contributed by atoms with Gasteiger partial charge in [-0.15, -0.1) is 0 Å². The summed E-state index contributed by atoms with van der Waals surface area (Å²) < 4.78 is 28.8. The van der Waals surface area contributed by atoms with E-state index in [9.17, 15) is 9.90 Å². The summed E-state index contributed by atoms with van der Waals surface area (Å²) in [5.41, 5.74) is 1.47.